The largest absolute Gasteiger partial charge is 0.508 e. The van der Waals surface area contributed by atoms with E-state index < -0.39 is 29.4 Å². The molecule has 0 aliphatic heterocycles. The summed E-state index contributed by atoms with van der Waals surface area (Å²) in [6.45, 7) is 19.3. The zero-order valence-electron chi connectivity index (χ0n) is 67.4. The minimum atomic E-state index is -1.23. The molecule has 5 aromatic rings. The number of nitrogens with one attached hydrogen (secondary N) is 3. The van der Waals surface area contributed by atoms with Crippen LogP contribution < -0.4 is 21.9 Å². The number of ketones is 3. The van der Waals surface area contributed by atoms with Gasteiger partial charge in [-0.15, -0.1) is 0 Å². The van der Waals surface area contributed by atoms with E-state index in [0.717, 1.165) is 57.5 Å². The van der Waals surface area contributed by atoms with Crippen molar-refractivity contribution in [3.05, 3.63) is 146 Å². The van der Waals surface area contributed by atoms with Crippen LogP contribution in [0.4, 0.5) is 11.6 Å². The SMILES string of the molecule is CCOCCOCCC(=O)CCCCOCCOCCOCCCCC(=O)CC[C@H](NC(=O)c1ccc(NCc2cnc3nc(N)[nH]c(=O)c3n2)cc1)C(=O)O.CCOCCOCCOCCOCCOCCOCCOCCOCCOCCOCCCC(=S)Cc1ccc(C2=C3C=CC(=O)C=C3Cc3cc(O)ccc32)c(C(=O)O)c1. The number of hydrogen-bond donors (Lipinski definition) is 7. The van der Waals surface area contributed by atoms with Crippen LogP contribution in [0.15, 0.2) is 101 Å². The number of carbonyl (C=O) groups excluding carboxylic acids is 4. The number of nitrogen functional groups attached to an aromatic ring is 1. The number of benzene rings is 3. The van der Waals surface area contributed by atoms with E-state index in [2.05, 4.69) is 30.6 Å². The lowest BCUT2D eigenvalue weighted by molar-refractivity contribution is -0.139. The lowest BCUT2D eigenvalue weighted by Gasteiger charge is -2.27. The van der Waals surface area contributed by atoms with Gasteiger partial charge in [-0.2, -0.15) is 4.98 Å². The number of nitrogens with two attached hydrogens (primary N) is 1. The molecule has 2 aliphatic carbocycles. The number of aromatic amines is 1. The molecule has 0 radical (unpaired) electrons. The van der Waals surface area contributed by atoms with Crippen LogP contribution in [0.3, 0.4) is 0 Å². The fraction of sp³-hybridized carbons (Fsp3) is 0.560. The number of hydrogen-bond acceptors (Lipinski definition) is 29. The zero-order valence-corrected chi connectivity index (χ0v) is 68.2. The number of unbranched alkanes of at least 4 members (excludes halogenated alkanes) is 2. The molecule has 0 saturated heterocycles. The molecule has 33 heteroatoms. The molecule has 0 unspecified atom stereocenters. The van der Waals surface area contributed by atoms with Crippen molar-refractivity contribution in [1.29, 1.82) is 0 Å². The van der Waals surface area contributed by atoms with Crippen molar-refractivity contribution in [2.24, 2.45) is 0 Å². The van der Waals surface area contributed by atoms with Gasteiger partial charge in [-0.25, -0.2) is 19.6 Å². The standard InChI is InChI=1S/C46H62O14S.C38H55N7O11/c1-2-51-12-13-53-16-17-55-20-21-57-24-25-59-28-29-60-27-26-58-23-22-56-19-18-54-15-14-52-11-3-4-40(61)30-35-5-8-43(44(31-35)46(49)50)45-41-9-6-38(47)33-36(41)32-37-34-39(48)7-10-42(37)45;1-2-52-19-20-55-18-15-31(47)8-4-6-17-54-22-24-56-23-21-53-16-5-3-7-30(46)13-14-32(37(50)51)43-35(48)27-9-11-28(12-10-27)40-25-29-26-41-34-33(42-29)36(49)45-38(39)44-34/h5-10,31,33-34,47H,2-4,11-30,32H2,1H3,(H,49,50);9-12,26,32,40H,2-8,13-25H2,1H3,(H,43,48)(H,50,51)(H3,39,41,44,45,49)/t;32-/m.0/s1. The summed E-state index contributed by atoms with van der Waals surface area (Å²) >= 11 is 5.65. The van der Waals surface area contributed by atoms with Gasteiger partial charge in [-0.3, -0.25) is 29.0 Å². The van der Waals surface area contributed by atoms with Crippen molar-refractivity contribution in [1.82, 2.24) is 25.3 Å². The van der Waals surface area contributed by atoms with Crippen LogP contribution in [0.1, 0.15) is 133 Å². The first-order valence-corrected chi connectivity index (χ1v) is 40.4. The van der Waals surface area contributed by atoms with E-state index in [1.807, 2.05) is 26.0 Å². The summed E-state index contributed by atoms with van der Waals surface area (Å²) in [7, 11) is 0. The summed E-state index contributed by atoms with van der Waals surface area (Å²) in [5, 5.41) is 35.7. The van der Waals surface area contributed by atoms with Crippen molar-refractivity contribution in [2.45, 2.75) is 110 Å². The highest BCUT2D eigenvalue weighted by Gasteiger charge is 2.29. The quantitative estimate of drug-likeness (QED) is 0.0142. The number of aliphatic carboxylic acids is 1. The summed E-state index contributed by atoms with van der Waals surface area (Å²) in [6.07, 6.45) is 12.7. The number of phenolic OH excluding ortho intramolecular Hbond substituents is 1. The van der Waals surface area contributed by atoms with E-state index in [1.54, 1.807) is 48.6 Å². The maximum absolute atomic E-state index is 12.8. The fourth-order valence-electron chi connectivity index (χ4n) is 11.7. The lowest BCUT2D eigenvalue weighted by atomic mass is 9.76. The Balaban J connectivity index is 0.000000365. The van der Waals surface area contributed by atoms with Crippen LogP contribution in [-0.4, -0.2) is 280 Å². The van der Waals surface area contributed by atoms with Crippen LogP contribution in [0.5, 0.6) is 5.75 Å². The van der Waals surface area contributed by atoms with Gasteiger partial charge in [-0.05, 0) is 164 Å². The van der Waals surface area contributed by atoms with Gasteiger partial charge in [0.25, 0.3) is 11.5 Å². The number of anilines is 2. The van der Waals surface area contributed by atoms with Crippen molar-refractivity contribution in [3.63, 3.8) is 0 Å². The molecule has 0 saturated carbocycles. The van der Waals surface area contributed by atoms with Gasteiger partial charge in [0.2, 0.25) is 5.95 Å². The van der Waals surface area contributed by atoms with E-state index in [-0.39, 0.29) is 77.1 Å². The number of ether oxygens (including phenoxy) is 15. The van der Waals surface area contributed by atoms with E-state index >= 15 is 0 Å². The third-order valence-electron chi connectivity index (χ3n) is 17.6. The number of allylic oxidation sites excluding steroid dienone is 5. The molecule has 3 aromatic carbocycles. The molecule has 0 bridgehead atoms. The molecule has 8 N–H and O–H groups in total. The molecule has 0 spiro atoms. The molecule has 2 heterocycles. The minimum Gasteiger partial charge on any atom is -0.508 e. The lowest BCUT2D eigenvalue weighted by Crippen LogP contribution is -2.41. The Labute approximate surface area is 688 Å². The number of rotatable bonds is 68. The zero-order chi connectivity index (χ0) is 83.7. The minimum absolute atomic E-state index is 0.0210. The van der Waals surface area contributed by atoms with E-state index in [0.29, 0.717) is 260 Å². The number of carbonyl (C=O) groups is 6. The molecule has 32 nitrogen and oxygen atoms in total. The maximum atomic E-state index is 12.8. The van der Waals surface area contributed by atoms with Crippen molar-refractivity contribution < 1.29 is 115 Å². The van der Waals surface area contributed by atoms with Gasteiger partial charge >= 0.3 is 11.9 Å². The number of thiocarbonyl (C=S) groups is 1. The summed E-state index contributed by atoms with van der Waals surface area (Å²) < 4.78 is 81.9. The van der Waals surface area contributed by atoms with E-state index in [1.165, 1.54) is 24.4 Å². The maximum Gasteiger partial charge on any atom is 0.336 e. The number of aromatic nitrogens is 4. The molecular weight excluding hydrogens is 1540 g/mol. The smallest absolute Gasteiger partial charge is 0.336 e. The molecule has 2 aromatic heterocycles. The Kier molecular flexibility index (Phi) is 49.8. The number of amides is 1. The second kappa shape index (κ2) is 60.0. The first-order valence-electron chi connectivity index (χ1n) is 40.0. The van der Waals surface area contributed by atoms with Crippen LogP contribution in [0.2, 0.25) is 0 Å². The molecule has 1 atom stereocenters. The summed E-state index contributed by atoms with van der Waals surface area (Å²) in [5.74, 6) is -2.82. The Bertz CT molecular complexity index is 3950. The van der Waals surface area contributed by atoms with E-state index in [4.69, 9.17) is 89.0 Å². The van der Waals surface area contributed by atoms with Crippen LogP contribution in [-0.2, 0) is 110 Å². The molecule has 117 heavy (non-hydrogen) atoms. The average molecular weight is 1660 g/mol. The molecule has 644 valence electrons. The molecule has 7 rings (SSSR count). The Morgan fingerprint density at radius 1 is 0.538 bits per heavy atom. The number of nitrogens with zero attached hydrogens (tertiary/aromatic N) is 3. The first-order chi connectivity index (χ1) is 57.0. The summed E-state index contributed by atoms with van der Waals surface area (Å²) in [4.78, 5) is 101. The molecule has 1 amide bonds. The van der Waals surface area contributed by atoms with Crippen LogP contribution in [0, 0.1) is 0 Å². The number of H-pyrrole nitrogens is 1. The topological polar surface area (TPSA) is 423 Å². The van der Waals surface area contributed by atoms with Crippen LogP contribution in [0.25, 0.3) is 16.7 Å². The predicted molar refractivity (Wildman–Crippen MR) is 439 cm³/mol. The molecule has 2 aliphatic rings. The highest BCUT2D eigenvalue weighted by molar-refractivity contribution is 7.80. The number of aromatic carboxylic acids is 1. The Hall–Kier alpha value is -8.59. The predicted octanol–water partition coefficient (Wildman–Crippen LogP) is 8.23. The number of aromatic hydroxyl groups is 1. The van der Waals surface area contributed by atoms with Gasteiger partial charge in [-0.1, -0.05) is 36.5 Å². The number of phenols is 1. The normalized spacial score (nSPS) is 12.6. The third kappa shape index (κ3) is 41.1. The van der Waals surface area contributed by atoms with Gasteiger partial charge in [0.1, 0.15) is 23.4 Å². The second-order valence-electron chi connectivity index (χ2n) is 26.6. The van der Waals surface area contributed by atoms with Gasteiger partial charge < -0.3 is 103 Å². The molecule has 0 fully saturated rings. The highest BCUT2D eigenvalue weighted by atomic mass is 32.1. The number of Topliss-reactive ketones (excluding diaryl/α,β-unsaturated/α-hetero) is 2. The molecular formula is C84H117N7O25S. The van der Waals surface area contributed by atoms with Crippen LogP contribution >= 0.6 is 12.2 Å². The average Bonchev–Trinajstić information content (AvgIpc) is 0.748. The fourth-order valence-corrected chi connectivity index (χ4v) is 12.0. The third-order valence-corrected chi connectivity index (χ3v) is 18.0. The summed E-state index contributed by atoms with van der Waals surface area (Å²) in [5.41, 5.74) is 12.1. The second-order valence-corrected chi connectivity index (χ2v) is 27.2. The van der Waals surface area contributed by atoms with Crippen molar-refractivity contribution in [3.8, 4) is 5.75 Å². The first kappa shape index (κ1) is 97.2. The Morgan fingerprint density at radius 3 is 1.54 bits per heavy atom. The highest BCUT2D eigenvalue weighted by Crippen LogP contribution is 2.43. The van der Waals surface area contributed by atoms with Crippen molar-refractivity contribution in [2.75, 3.05) is 209 Å². The van der Waals surface area contributed by atoms with Crippen molar-refractivity contribution >= 4 is 80.7 Å². The summed E-state index contributed by atoms with van der Waals surface area (Å²) in [6, 6.07) is 15.6. The monoisotopic (exact) mass is 1660 g/mol. The number of carboxylic acid groups (broad SMARTS) is 2. The number of fused-ring (bicyclic) bond motifs is 3. The van der Waals surface area contributed by atoms with Gasteiger partial charge in [0, 0.05) is 76.4 Å². The van der Waals surface area contributed by atoms with E-state index in [9.17, 15) is 48.9 Å². The number of carboxylic acids is 2. The van der Waals surface area contributed by atoms with Gasteiger partial charge in [0.15, 0.2) is 16.9 Å². The van der Waals surface area contributed by atoms with Gasteiger partial charge in [0.05, 0.1) is 189 Å². The Morgan fingerprint density at radius 2 is 1.03 bits per heavy atom.